The van der Waals surface area contributed by atoms with Gasteiger partial charge >= 0.3 is 5.97 Å². The van der Waals surface area contributed by atoms with E-state index in [1.807, 2.05) is 56.3 Å². The summed E-state index contributed by atoms with van der Waals surface area (Å²) in [6, 6.07) is 18.2. The Morgan fingerprint density at radius 3 is 2.44 bits per heavy atom. The van der Waals surface area contributed by atoms with Gasteiger partial charge in [-0.05, 0) is 40.2 Å². The number of hydrogen-bond acceptors (Lipinski definition) is 2. The second kappa shape index (κ2) is 7.23. The molecular weight excluding hydrogens is 355 g/mol. The highest BCUT2D eigenvalue weighted by atomic mass is 35.5. The minimum atomic E-state index is -0.203. The van der Waals surface area contributed by atoms with Gasteiger partial charge in [0.15, 0.2) is 0 Å². The Kier molecular flexibility index (Phi) is 5.21. The monoisotopic (exact) mass is 374 g/mol. The van der Waals surface area contributed by atoms with Gasteiger partial charge in [0.2, 0.25) is 0 Å². The van der Waals surface area contributed by atoms with Crippen molar-refractivity contribution >= 4 is 29.2 Å². The minimum absolute atomic E-state index is 0.0284. The van der Waals surface area contributed by atoms with E-state index in [4.69, 9.17) is 27.9 Å². The molecule has 0 aromatic heterocycles. The molecule has 1 saturated carbocycles. The van der Waals surface area contributed by atoms with Crippen molar-refractivity contribution in [3.8, 4) is 11.1 Å². The van der Waals surface area contributed by atoms with Crippen LogP contribution < -0.4 is 0 Å². The van der Waals surface area contributed by atoms with Crippen molar-refractivity contribution < 1.29 is 9.53 Å². The molecule has 1 fully saturated rings. The van der Waals surface area contributed by atoms with Gasteiger partial charge in [0.05, 0.1) is 5.92 Å². The summed E-state index contributed by atoms with van der Waals surface area (Å²) >= 11 is 11.5. The second-order valence-electron chi connectivity index (χ2n) is 6.96. The SMILES string of the molecule is CC1(C)C(C=C(Cl)Cl)C1C(=O)OCc1cccc(-c2ccccc2)c1. The van der Waals surface area contributed by atoms with Crippen molar-refractivity contribution in [1.82, 2.24) is 0 Å². The average Bonchev–Trinajstić information content (AvgIpc) is 3.13. The van der Waals surface area contributed by atoms with Gasteiger partial charge in [-0.3, -0.25) is 4.79 Å². The highest BCUT2D eigenvalue weighted by Crippen LogP contribution is 2.60. The minimum Gasteiger partial charge on any atom is -0.461 e. The zero-order valence-corrected chi connectivity index (χ0v) is 15.7. The molecule has 2 nitrogen and oxygen atoms in total. The van der Waals surface area contributed by atoms with Crippen LogP contribution in [0.4, 0.5) is 0 Å². The van der Waals surface area contributed by atoms with Crippen LogP contribution in [0, 0.1) is 17.3 Å². The van der Waals surface area contributed by atoms with Crippen LogP contribution >= 0.6 is 23.2 Å². The summed E-state index contributed by atoms with van der Waals surface area (Å²) in [6.07, 6.45) is 1.73. The molecule has 2 aromatic carbocycles. The molecule has 2 atom stereocenters. The van der Waals surface area contributed by atoms with Gasteiger partial charge in [0.25, 0.3) is 0 Å². The number of benzene rings is 2. The maximum atomic E-state index is 12.4. The predicted octanol–water partition coefficient (Wildman–Crippen LogP) is 5.99. The molecule has 0 bridgehead atoms. The van der Waals surface area contributed by atoms with Crippen LogP contribution in [0.25, 0.3) is 11.1 Å². The van der Waals surface area contributed by atoms with Crippen molar-refractivity contribution in [2.45, 2.75) is 20.5 Å². The molecule has 2 unspecified atom stereocenters. The predicted molar refractivity (Wildman–Crippen MR) is 102 cm³/mol. The third-order valence-corrected chi connectivity index (χ3v) is 5.14. The Morgan fingerprint density at radius 1 is 1.08 bits per heavy atom. The van der Waals surface area contributed by atoms with E-state index in [1.165, 1.54) is 0 Å². The molecule has 0 radical (unpaired) electrons. The third kappa shape index (κ3) is 4.08. The van der Waals surface area contributed by atoms with E-state index >= 15 is 0 Å². The number of carbonyl (C=O) groups excluding carboxylic acids is 1. The first kappa shape index (κ1) is 18.0. The first-order valence-corrected chi connectivity index (χ1v) is 8.99. The van der Waals surface area contributed by atoms with E-state index in [0.29, 0.717) is 0 Å². The Bertz CT molecular complexity index is 793. The normalized spacial score (nSPS) is 20.6. The fourth-order valence-corrected chi connectivity index (χ4v) is 3.56. The van der Waals surface area contributed by atoms with Crippen LogP contribution in [0.2, 0.25) is 0 Å². The van der Waals surface area contributed by atoms with Crippen LogP contribution in [-0.4, -0.2) is 5.97 Å². The molecule has 0 spiro atoms. The van der Waals surface area contributed by atoms with Gasteiger partial charge in [-0.15, -0.1) is 0 Å². The van der Waals surface area contributed by atoms with Gasteiger partial charge in [0, 0.05) is 0 Å². The van der Waals surface area contributed by atoms with Gasteiger partial charge in [-0.25, -0.2) is 0 Å². The summed E-state index contributed by atoms with van der Waals surface area (Å²) in [7, 11) is 0. The standard InChI is InChI=1S/C21H20Cl2O2/c1-21(2)17(12-18(22)23)19(21)20(24)25-13-14-7-6-10-16(11-14)15-8-4-3-5-9-15/h3-12,17,19H,13H2,1-2H3. The van der Waals surface area contributed by atoms with Crippen LogP contribution in [0.5, 0.6) is 0 Å². The average molecular weight is 375 g/mol. The molecule has 1 aliphatic carbocycles. The molecule has 0 N–H and O–H groups in total. The lowest BCUT2D eigenvalue weighted by Gasteiger charge is -2.08. The van der Waals surface area contributed by atoms with Crippen LogP contribution in [-0.2, 0) is 16.1 Å². The molecule has 0 saturated heterocycles. The fourth-order valence-electron chi connectivity index (χ4n) is 3.29. The highest BCUT2D eigenvalue weighted by molar-refractivity contribution is 6.55. The Balaban J connectivity index is 1.65. The molecule has 0 amide bonds. The van der Waals surface area contributed by atoms with Crippen molar-refractivity contribution in [2.24, 2.45) is 17.3 Å². The lowest BCUT2D eigenvalue weighted by molar-refractivity contribution is -0.147. The summed E-state index contributed by atoms with van der Waals surface area (Å²) in [6.45, 7) is 4.30. The maximum absolute atomic E-state index is 12.4. The molecule has 130 valence electrons. The third-order valence-electron chi connectivity index (χ3n) is 4.89. The van der Waals surface area contributed by atoms with Crippen molar-refractivity contribution in [1.29, 1.82) is 0 Å². The first-order valence-electron chi connectivity index (χ1n) is 8.23. The fraction of sp³-hybridized carbons (Fsp3) is 0.286. The van der Waals surface area contributed by atoms with Gasteiger partial charge in [0.1, 0.15) is 11.1 Å². The van der Waals surface area contributed by atoms with Crippen molar-refractivity contribution in [3.05, 3.63) is 70.7 Å². The summed E-state index contributed by atoms with van der Waals surface area (Å²) in [5, 5.41) is 0. The largest absolute Gasteiger partial charge is 0.461 e. The maximum Gasteiger partial charge on any atom is 0.310 e. The Labute approximate surface area is 158 Å². The summed E-state index contributed by atoms with van der Waals surface area (Å²) in [5.41, 5.74) is 3.05. The quantitative estimate of drug-likeness (QED) is 0.600. The van der Waals surface area contributed by atoms with E-state index < -0.39 is 0 Å². The molecule has 25 heavy (non-hydrogen) atoms. The smallest absolute Gasteiger partial charge is 0.310 e. The molecule has 0 aliphatic heterocycles. The lowest BCUT2D eigenvalue weighted by Crippen LogP contribution is -2.10. The summed E-state index contributed by atoms with van der Waals surface area (Å²) in [5.74, 6) is -0.371. The van der Waals surface area contributed by atoms with Crippen molar-refractivity contribution in [3.63, 3.8) is 0 Å². The number of ether oxygens (including phenoxy) is 1. The van der Waals surface area contributed by atoms with Crippen LogP contribution in [0.3, 0.4) is 0 Å². The van der Waals surface area contributed by atoms with Gasteiger partial charge in [-0.1, -0.05) is 85.6 Å². The molecular formula is C21H20Cl2O2. The number of halogens is 2. The Hall–Kier alpha value is -1.77. The van der Waals surface area contributed by atoms with E-state index in [2.05, 4.69) is 12.1 Å². The molecule has 0 heterocycles. The number of hydrogen-bond donors (Lipinski definition) is 0. The lowest BCUT2D eigenvalue weighted by atomic mass is 10.0. The summed E-state index contributed by atoms with van der Waals surface area (Å²) < 4.78 is 5.73. The molecule has 1 aliphatic rings. The highest BCUT2D eigenvalue weighted by Gasteiger charge is 2.61. The first-order chi connectivity index (χ1) is 11.9. The van der Waals surface area contributed by atoms with Crippen LogP contribution in [0.1, 0.15) is 19.4 Å². The van der Waals surface area contributed by atoms with E-state index in [-0.39, 0.29) is 34.3 Å². The van der Waals surface area contributed by atoms with Gasteiger partial charge in [-0.2, -0.15) is 0 Å². The van der Waals surface area contributed by atoms with Gasteiger partial charge < -0.3 is 4.74 Å². The number of rotatable bonds is 5. The number of carbonyl (C=O) groups is 1. The van der Waals surface area contributed by atoms with E-state index in [0.717, 1.165) is 16.7 Å². The zero-order valence-electron chi connectivity index (χ0n) is 14.2. The summed E-state index contributed by atoms with van der Waals surface area (Å²) in [4.78, 5) is 12.4. The number of allylic oxidation sites excluding steroid dienone is 1. The van der Waals surface area contributed by atoms with E-state index in [1.54, 1.807) is 6.08 Å². The second-order valence-corrected chi connectivity index (χ2v) is 7.96. The number of esters is 1. The Morgan fingerprint density at radius 2 is 1.76 bits per heavy atom. The topological polar surface area (TPSA) is 26.3 Å². The molecule has 4 heteroatoms. The zero-order chi connectivity index (χ0) is 18.0. The molecule has 3 rings (SSSR count). The van der Waals surface area contributed by atoms with Crippen LogP contribution in [0.15, 0.2) is 65.2 Å². The van der Waals surface area contributed by atoms with Crippen molar-refractivity contribution in [2.75, 3.05) is 0 Å². The molecule has 2 aromatic rings. The van der Waals surface area contributed by atoms with E-state index in [9.17, 15) is 4.79 Å².